The monoisotopic (exact) mass is 459 g/mol. The summed E-state index contributed by atoms with van der Waals surface area (Å²) in [6, 6.07) is 4.67. The zero-order valence-electron chi connectivity index (χ0n) is 18.2. The van der Waals surface area contributed by atoms with Crippen LogP contribution in [0.1, 0.15) is 58.3 Å². The summed E-state index contributed by atoms with van der Waals surface area (Å²) in [6.45, 7) is 5.36. The van der Waals surface area contributed by atoms with Crippen LogP contribution < -0.4 is 14.8 Å². The van der Waals surface area contributed by atoms with Crippen molar-refractivity contribution in [1.29, 1.82) is 0 Å². The molecular weight excluding hydrogens is 434 g/mol. The molecule has 1 aromatic heterocycles. The standard InChI is InChI=1S/C23H25NO7S/c1-12(2)31-23(27)20-15-6-4-13(3)8-18(15)32-21(20)24-19(25)10-28-22(26)14-5-7-16-17(9-14)30-11-29-16/h5,7,9,12-13H,4,6,8,10-11H2,1-3H3,(H,24,25). The summed E-state index contributed by atoms with van der Waals surface area (Å²) in [6.07, 6.45) is 2.33. The largest absolute Gasteiger partial charge is 0.459 e. The minimum Gasteiger partial charge on any atom is -0.459 e. The minimum absolute atomic E-state index is 0.0986. The Morgan fingerprint density at radius 2 is 1.97 bits per heavy atom. The van der Waals surface area contributed by atoms with E-state index in [2.05, 4.69) is 12.2 Å². The molecule has 0 fully saturated rings. The highest BCUT2D eigenvalue weighted by atomic mass is 32.1. The van der Waals surface area contributed by atoms with Gasteiger partial charge in [0.15, 0.2) is 18.1 Å². The highest BCUT2D eigenvalue weighted by Crippen LogP contribution is 2.40. The first-order valence-electron chi connectivity index (χ1n) is 10.5. The van der Waals surface area contributed by atoms with Crippen molar-refractivity contribution in [2.45, 2.75) is 46.1 Å². The smallest absolute Gasteiger partial charge is 0.341 e. The predicted molar refractivity (Wildman–Crippen MR) is 118 cm³/mol. The molecule has 4 rings (SSSR count). The lowest BCUT2D eigenvalue weighted by molar-refractivity contribution is -0.119. The van der Waals surface area contributed by atoms with Crippen LogP contribution in [0, 0.1) is 5.92 Å². The molecule has 170 valence electrons. The fourth-order valence-corrected chi connectivity index (χ4v) is 5.14. The summed E-state index contributed by atoms with van der Waals surface area (Å²) < 4.78 is 21.0. The number of benzene rings is 1. The van der Waals surface area contributed by atoms with Gasteiger partial charge in [0.1, 0.15) is 5.00 Å². The van der Waals surface area contributed by atoms with Crippen LogP contribution in [0.25, 0.3) is 0 Å². The molecule has 1 aliphatic carbocycles. The fourth-order valence-electron chi connectivity index (χ4n) is 3.73. The van der Waals surface area contributed by atoms with Gasteiger partial charge in [0.25, 0.3) is 5.91 Å². The number of nitrogens with one attached hydrogen (secondary N) is 1. The molecule has 2 aliphatic rings. The van der Waals surface area contributed by atoms with Gasteiger partial charge in [-0.3, -0.25) is 4.79 Å². The lowest BCUT2D eigenvalue weighted by atomic mass is 9.88. The predicted octanol–water partition coefficient (Wildman–Crippen LogP) is 3.96. The number of amides is 1. The SMILES string of the molecule is CC1CCc2c(sc(NC(=O)COC(=O)c3ccc4c(c3)OCO4)c2C(=O)OC(C)C)C1. The minimum atomic E-state index is -0.655. The van der Waals surface area contributed by atoms with Gasteiger partial charge in [-0.1, -0.05) is 6.92 Å². The molecule has 1 amide bonds. The van der Waals surface area contributed by atoms with Gasteiger partial charge in [-0.15, -0.1) is 11.3 Å². The Morgan fingerprint density at radius 3 is 2.75 bits per heavy atom. The number of hydrogen-bond acceptors (Lipinski definition) is 8. The fraction of sp³-hybridized carbons (Fsp3) is 0.435. The Labute approximate surface area is 189 Å². The molecule has 1 aliphatic heterocycles. The Bertz CT molecular complexity index is 1060. The Balaban J connectivity index is 1.44. The van der Waals surface area contributed by atoms with E-state index in [1.807, 2.05) is 0 Å². The second-order valence-corrected chi connectivity index (χ2v) is 9.31. The molecule has 1 atom stereocenters. The average molecular weight is 460 g/mol. The number of anilines is 1. The molecule has 0 bridgehead atoms. The van der Waals surface area contributed by atoms with Gasteiger partial charge in [0.05, 0.1) is 17.2 Å². The molecule has 8 nitrogen and oxygen atoms in total. The maximum Gasteiger partial charge on any atom is 0.341 e. The van der Waals surface area contributed by atoms with E-state index >= 15 is 0 Å². The van der Waals surface area contributed by atoms with E-state index in [0.717, 1.165) is 29.7 Å². The molecule has 9 heteroatoms. The molecule has 1 unspecified atom stereocenters. The number of hydrogen-bond donors (Lipinski definition) is 1. The van der Waals surface area contributed by atoms with Crippen molar-refractivity contribution < 1.29 is 33.3 Å². The van der Waals surface area contributed by atoms with Crippen LogP contribution in [0.15, 0.2) is 18.2 Å². The van der Waals surface area contributed by atoms with Crippen LogP contribution in [0.5, 0.6) is 11.5 Å². The molecule has 0 spiro atoms. The molecular formula is C23H25NO7S. The van der Waals surface area contributed by atoms with Crippen molar-refractivity contribution >= 4 is 34.2 Å². The third kappa shape index (κ3) is 4.72. The maximum absolute atomic E-state index is 12.7. The van der Waals surface area contributed by atoms with Crippen LogP contribution in [-0.4, -0.2) is 37.3 Å². The molecule has 0 saturated carbocycles. The number of rotatable bonds is 6. The normalized spacial score (nSPS) is 16.4. The van der Waals surface area contributed by atoms with Crippen molar-refractivity contribution in [2.75, 3.05) is 18.7 Å². The molecule has 2 heterocycles. The van der Waals surface area contributed by atoms with E-state index in [1.165, 1.54) is 17.4 Å². The molecule has 2 aromatic rings. The van der Waals surface area contributed by atoms with Crippen molar-refractivity contribution in [3.63, 3.8) is 0 Å². The quantitative estimate of drug-likeness (QED) is 0.653. The highest BCUT2D eigenvalue weighted by molar-refractivity contribution is 7.17. The van der Waals surface area contributed by atoms with Gasteiger partial charge in [-0.05, 0) is 62.8 Å². The molecule has 1 aromatic carbocycles. The topological polar surface area (TPSA) is 100 Å². The first kappa shape index (κ1) is 22.1. The molecule has 32 heavy (non-hydrogen) atoms. The van der Waals surface area contributed by atoms with E-state index in [-0.39, 0.29) is 18.5 Å². The number of fused-ring (bicyclic) bond motifs is 2. The lowest BCUT2D eigenvalue weighted by Crippen LogP contribution is -2.22. The highest BCUT2D eigenvalue weighted by Gasteiger charge is 2.30. The van der Waals surface area contributed by atoms with E-state index in [1.54, 1.807) is 26.0 Å². The third-order valence-electron chi connectivity index (χ3n) is 5.25. The Hall–Kier alpha value is -3.07. The van der Waals surface area contributed by atoms with Crippen LogP contribution in [0.4, 0.5) is 5.00 Å². The van der Waals surface area contributed by atoms with E-state index in [9.17, 15) is 14.4 Å². The number of thiophene rings is 1. The van der Waals surface area contributed by atoms with Crippen molar-refractivity contribution in [3.05, 3.63) is 39.8 Å². The van der Waals surface area contributed by atoms with Gasteiger partial charge in [-0.25, -0.2) is 9.59 Å². The number of esters is 2. The van der Waals surface area contributed by atoms with Gasteiger partial charge in [-0.2, -0.15) is 0 Å². The lowest BCUT2D eigenvalue weighted by Gasteiger charge is -2.18. The van der Waals surface area contributed by atoms with E-state index in [4.69, 9.17) is 18.9 Å². The summed E-state index contributed by atoms with van der Waals surface area (Å²) in [5.74, 6) is -0.103. The summed E-state index contributed by atoms with van der Waals surface area (Å²) in [7, 11) is 0. The van der Waals surface area contributed by atoms with Crippen LogP contribution in [0.3, 0.4) is 0 Å². The van der Waals surface area contributed by atoms with Gasteiger partial charge in [0.2, 0.25) is 6.79 Å². The Kier molecular flexibility index (Phi) is 6.36. The zero-order valence-corrected chi connectivity index (χ0v) is 19.0. The van der Waals surface area contributed by atoms with Gasteiger partial charge >= 0.3 is 11.9 Å². The molecule has 0 radical (unpaired) electrons. The van der Waals surface area contributed by atoms with Crippen molar-refractivity contribution in [3.8, 4) is 11.5 Å². The summed E-state index contributed by atoms with van der Waals surface area (Å²) in [5.41, 5.74) is 1.62. The van der Waals surface area contributed by atoms with Crippen LogP contribution in [-0.2, 0) is 27.1 Å². The number of carbonyl (C=O) groups is 3. The second kappa shape index (κ2) is 9.20. The molecule has 1 N–H and O–H groups in total. The third-order valence-corrected chi connectivity index (χ3v) is 6.42. The summed E-state index contributed by atoms with van der Waals surface area (Å²) >= 11 is 1.39. The zero-order chi connectivity index (χ0) is 22.8. The van der Waals surface area contributed by atoms with E-state index < -0.39 is 24.5 Å². The van der Waals surface area contributed by atoms with Crippen molar-refractivity contribution in [1.82, 2.24) is 0 Å². The Morgan fingerprint density at radius 1 is 1.19 bits per heavy atom. The maximum atomic E-state index is 12.7. The number of carbonyl (C=O) groups excluding carboxylic acids is 3. The van der Waals surface area contributed by atoms with Crippen LogP contribution in [0.2, 0.25) is 0 Å². The van der Waals surface area contributed by atoms with E-state index in [0.29, 0.717) is 28.0 Å². The first-order valence-corrected chi connectivity index (χ1v) is 11.4. The molecule has 0 saturated heterocycles. The average Bonchev–Trinajstić information content (AvgIpc) is 3.34. The summed E-state index contributed by atoms with van der Waals surface area (Å²) in [5, 5.41) is 3.19. The van der Waals surface area contributed by atoms with Gasteiger partial charge < -0.3 is 24.3 Å². The van der Waals surface area contributed by atoms with Crippen molar-refractivity contribution in [2.24, 2.45) is 5.92 Å². The van der Waals surface area contributed by atoms with Crippen LogP contribution >= 0.6 is 11.3 Å². The summed E-state index contributed by atoms with van der Waals surface area (Å²) in [4.78, 5) is 38.7. The number of ether oxygens (including phenoxy) is 4. The second-order valence-electron chi connectivity index (χ2n) is 8.20. The first-order chi connectivity index (χ1) is 15.3. The van der Waals surface area contributed by atoms with Gasteiger partial charge in [0, 0.05) is 4.88 Å².